The molecule has 7 heteroatoms. The summed E-state index contributed by atoms with van der Waals surface area (Å²) < 4.78 is 16.1. The number of methoxy groups -OCH3 is 2. The normalized spacial score (nSPS) is 16.8. The number of rotatable bonds is 6. The lowest BCUT2D eigenvalue weighted by Crippen LogP contribution is -2.45. The number of benzene rings is 1. The first-order chi connectivity index (χ1) is 11.5. The first-order valence-electron chi connectivity index (χ1n) is 7.30. The minimum absolute atomic E-state index is 0.344. The quantitative estimate of drug-likeness (QED) is 0.464. The highest BCUT2D eigenvalue weighted by atomic mass is 32.1. The Kier molecular flexibility index (Phi) is 5.81. The van der Waals surface area contributed by atoms with E-state index in [4.69, 9.17) is 26.4 Å². The molecule has 1 atom stereocenters. The van der Waals surface area contributed by atoms with Gasteiger partial charge in [0.05, 0.1) is 25.8 Å². The van der Waals surface area contributed by atoms with E-state index in [2.05, 4.69) is 17.2 Å². The maximum Gasteiger partial charge on any atom is 0.337 e. The molecule has 0 unspecified atom stereocenters. The van der Waals surface area contributed by atoms with E-state index in [-0.39, 0.29) is 0 Å². The highest BCUT2D eigenvalue weighted by Gasteiger charge is 2.33. The number of carbonyl (C=O) groups excluding carboxylic acids is 1. The maximum atomic E-state index is 12.2. The number of nitrogens with one attached hydrogen (secondary N) is 2. The smallest absolute Gasteiger partial charge is 0.337 e. The second-order valence-electron chi connectivity index (χ2n) is 5.04. The molecule has 1 aliphatic rings. The van der Waals surface area contributed by atoms with E-state index >= 15 is 0 Å². The van der Waals surface area contributed by atoms with Gasteiger partial charge in [0.25, 0.3) is 0 Å². The van der Waals surface area contributed by atoms with Crippen molar-refractivity contribution in [2.75, 3.05) is 20.8 Å². The van der Waals surface area contributed by atoms with Crippen LogP contribution in [0.25, 0.3) is 0 Å². The lowest BCUT2D eigenvalue weighted by atomic mass is 9.94. The third-order valence-corrected chi connectivity index (χ3v) is 3.78. The van der Waals surface area contributed by atoms with Crippen molar-refractivity contribution >= 4 is 23.3 Å². The number of allylic oxidation sites excluding steroid dienone is 1. The van der Waals surface area contributed by atoms with E-state index in [1.165, 1.54) is 7.11 Å². The molecule has 0 aromatic heterocycles. The average molecular weight is 348 g/mol. The zero-order valence-corrected chi connectivity index (χ0v) is 14.7. The monoisotopic (exact) mass is 348 g/mol. The van der Waals surface area contributed by atoms with Crippen molar-refractivity contribution in [2.45, 2.75) is 13.0 Å². The van der Waals surface area contributed by atoms with Crippen LogP contribution in [0.5, 0.6) is 11.5 Å². The fourth-order valence-corrected chi connectivity index (χ4v) is 2.82. The predicted octanol–water partition coefficient (Wildman–Crippen LogP) is 2.23. The Hall–Kier alpha value is -2.54. The van der Waals surface area contributed by atoms with Crippen LogP contribution in [0.3, 0.4) is 0 Å². The molecule has 6 nitrogen and oxygen atoms in total. The van der Waals surface area contributed by atoms with Crippen molar-refractivity contribution in [3.63, 3.8) is 0 Å². The van der Waals surface area contributed by atoms with E-state index in [9.17, 15) is 4.79 Å². The number of thiocarbonyl (C=S) groups is 1. The van der Waals surface area contributed by atoms with Gasteiger partial charge in [0, 0.05) is 11.3 Å². The Morgan fingerprint density at radius 2 is 2.17 bits per heavy atom. The van der Waals surface area contributed by atoms with Gasteiger partial charge in [0.15, 0.2) is 16.6 Å². The lowest BCUT2D eigenvalue weighted by Gasteiger charge is -2.30. The minimum Gasteiger partial charge on any atom is -0.492 e. The molecule has 0 bridgehead atoms. The predicted molar refractivity (Wildman–Crippen MR) is 95.0 cm³/mol. The number of para-hydroxylation sites is 1. The van der Waals surface area contributed by atoms with E-state index < -0.39 is 12.0 Å². The van der Waals surface area contributed by atoms with Gasteiger partial charge in [0.2, 0.25) is 0 Å². The standard InChI is InChI=1S/C17H20N2O4S/c1-5-9-23-12-8-6-7-11(15(12)21-3)14-13(16(20)22-4)10(2)18-17(24)19-14/h5-8,14H,1,9H2,2-4H3,(H2,18,19,24)/t14-/m0/s1. The number of esters is 1. The number of hydrogen-bond donors (Lipinski definition) is 2. The zero-order valence-electron chi connectivity index (χ0n) is 13.8. The summed E-state index contributed by atoms with van der Waals surface area (Å²) in [5.41, 5.74) is 1.79. The van der Waals surface area contributed by atoms with Crippen molar-refractivity contribution in [3.8, 4) is 11.5 Å². The highest BCUT2D eigenvalue weighted by molar-refractivity contribution is 7.80. The number of ether oxygens (including phenoxy) is 3. The molecule has 1 aliphatic heterocycles. The summed E-state index contributed by atoms with van der Waals surface area (Å²) in [6.45, 7) is 5.76. The van der Waals surface area contributed by atoms with Crippen molar-refractivity contribution in [2.24, 2.45) is 0 Å². The van der Waals surface area contributed by atoms with Gasteiger partial charge in [-0.1, -0.05) is 24.8 Å². The van der Waals surface area contributed by atoms with Crippen molar-refractivity contribution in [3.05, 3.63) is 47.7 Å². The van der Waals surface area contributed by atoms with Gasteiger partial charge >= 0.3 is 5.97 Å². The van der Waals surface area contributed by atoms with Gasteiger partial charge in [-0.3, -0.25) is 0 Å². The molecule has 0 spiro atoms. The summed E-state index contributed by atoms with van der Waals surface area (Å²) in [5.74, 6) is 0.637. The van der Waals surface area contributed by atoms with Crippen LogP contribution >= 0.6 is 12.2 Å². The summed E-state index contributed by atoms with van der Waals surface area (Å²) in [6, 6.07) is 4.96. The lowest BCUT2D eigenvalue weighted by molar-refractivity contribution is -0.136. The van der Waals surface area contributed by atoms with Crippen molar-refractivity contribution < 1.29 is 19.0 Å². The molecular formula is C17H20N2O4S. The zero-order chi connectivity index (χ0) is 17.7. The largest absolute Gasteiger partial charge is 0.492 e. The van der Waals surface area contributed by atoms with Gasteiger partial charge in [-0.2, -0.15) is 0 Å². The van der Waals surface area contributed by atoms with Crippen LogP contribution in [0.1, 0.15) is 18.5 Å². The molecule has 1 aromatic rings. The topological polar surface area (TPSA) is 68.8 Å². The average Bonchev–Trinajstić information content (AvgIpc) is 2.58. The van der Waals surface area contributed by atoms with Gasteiger partial charge in [-0.15, -0.1) is 0 Å². The molecule has 1 aromatic carbocycles. The Morgan fingerprint density at radius 1 is 1.42 bits per heavy atom. The molecule has 2 N–H and O–H groups in total. The summed E-state index contributed by atoms with van der Waals surface area (Å²) >= 11 is 5.22. The molecule has 0 aliphatic carbocycles. The Labute approximate surface area is 146 Å². The van der Waals surface area contributed by atoms with Crippen LogP contribution in [0.2, 0.25) is 0 Å². The molecule has 2 rings (SSSR count). The molecule has 24 heavy (non-hydrogen) atoms. The van der Waals surface area contributed by atoms with Crippen molar-refractivity contribution in [1.82, 2.24) is 10.6 Å². The number of hydrogen-bond acceptors (Lipinski definition) is 5. The van der Waals surface area contributed by atoms with Gasteiger partial charge in [-0.05, 0) is 25.2 Å². The van der Waals surface area contributed by atoms with E-state index in [0.29, 0.717) is 34.5 Å². The van der Waals surface area contributed by atoms with E-state index in [0.717, 1.165) is 5.56 Å². The Morgan fingerprint density at radius 3 is 2.79 bits per heavy atom. The molecule has 0 fully saturated rings. The van der Waals surface area contributed by atoms with Crippen LogP contribution in [0.4, 0.5) is 0 Å². The van der Waals surface area contributed by atoms with E-state index in [1.54, 1.807) is 26.2 Å². The highest BCUT2D eigenvalue weighted by Crippen LogP contribution is 2.39. The third-order valence-electron chi connectivity index (χ3n) is 3.56. The van der Waals surface area contributed by atoms with Crippen LogP contribution in [0.15, 0.2) is 42.1 Å². The number of carbonyl (C=O) groups is 1. The van der Waals surface area contributed by atoms with Crippen LogP contribution < -0.4 is 20.1 Å². The molecule has 128 valence electrons. The molecule has 0 amide bonds. The summed E-state index contributed by atoms with van der Waals surface area (Å²) in [4.78, 5) is 12.2. The SMILES string of the molecule is C=CCOc1cccc([C@@H]2NC(=S)NC(C)=C2C(=O)OC)c1OC. The van der Waals surface area contributed by atoms with Crippen LogP contribution in [0, 0.1) is 0 Å². The molecule has 0 saturated carbocycles. The van der Waals surface area contributed by atoms with Crippen LogP contribution in [-0.2, 0) is 9.53 Å². The third kappa shape index (κ3) is 3.51. The fourth-order valence-electron chi connectivity index (χ4n) is 2.55. The van der Waals surface area contributed by atoms with Crippen molar-refractivity contribution in [1.29, 1.82) is 0 Å². The first kappa shape index (κ1) is 17.8. The Balaban J connectivity index is 2.55. The van der Waals surface area contributed by atoms with Gasteiger partial charge in [0.1, 0.15) is 6.61 Å². The fraction of sp³-hybridized carbons (Fsp3) is 0.294. The van der Waals surface area contributed by atoms with Gasteiger partial charge < -0.3 is 24.8 Å². The second-order valence-corrected chi connectivity index (χ2v) is 5.45. The molecule has 0 radical (unpaired) electrons. The summed E-state index contributed by atoms with van der Waals surface area (Å²) in [6.07, 6.45) is 1.65. The maximum absolute atomic E-state index is 12.2. The second kappa shape index (κ2) is 7.83. The van der Waals surface area contributed by atoms with E-state index in [1.807, 2.05) is 12.1 Å². The van der Waals surface area contributed by atoms with Gasteiger partial charge in [-0.25, -0.2) is 4.79 Å². The molecule has 0 saturated heterocycles. The first-order valence-corrected chi connectivity index (χ1v) is 7.71. The summed E-state index contributed by atoms with van der Waals surface area (Å²) in [7, 11) is 2.89. The van der Waals surface area contributed by atoms with Crippen LogP contribution in [-0.4, -0.2) is 31.9 Å². The minimum atomic E-state index is -0.506. The Bertz CT molecular complexity index is 700. The molecular weight excluding hydrogens is 328 g/mol. The summed E-state index contributed by atoms with van der Waals surface area (Å²) in [5, 5.41) is 6.46. The molecule has 1 heterocycles.